The van der Waals surface area contributed by atoms with Crippen LogP contribution in [0.3, 0.4) is 0 Å². The molecule has 5 aromatic rings. The first-order valence-electron chi connectivity index (χ1n) is 22.0. The number of nitrogens with zero attached hydrogens (tertiary/aromatic N) is 8. The molecule has 2 saturated carbocycles. The predicted octanol–water partition coefficient (Wildman–Crippen LogP) is 8.56. The number of carbonyl (C=O) groups is 1. The van der Waals surface area contributed by atoms with Crippen LogP contribution in [0.1, 0.15) is 132 Å². The van der Waals surface area contributed by atoms with Gasteiger partial charge in [-0.25, -0.2) is 0 Å². The fourth-order valence-electron chi connectivity index (χ4n) is 10.1. The Labute approximate surface area is 367 Å². The highest BCUT2D eigenvalue weighted by molar-refractivity contribution is 7.15. The summed E-state index contributed by atoms with van der Waals surface area (Å²) in [6.45, 7) is 10.6. The molecule has 1 spiro atoms. The summed E-state index contributed by atoms with van der Waals surface area (Å²) >= 11 is 1.78. The second-order valence-corrected chi connectivity index (χ2v) is 18.8. The topological polar surface area (TPSA) is 153 Å². The SMILES string of the molecule is COc1cc(OC2CCC(NCC(=O)c3ccc(N4CCC5(CCC(c6ccc(C7=N[C@@H](C)c8nnc(C)n8-c8sc(C)c(C)c87)cc6OC)CC5)C4)nn3)CC2)ccc1C#N. The van der Waals surface area contributed by atoms with Crippen molar-refractivity contribution in [3.63, 3.8) is 0 Å². The molecule has 0 amide bonds. The molecule has 9 rings (SSSR count). The zero-order valence-electron chi connectivity index (χ0n) is 36.5. The van der Waals surface area contributed by atoms with E-state index in [-0.39, 0.29) is 35.9 Å². The zero-order valence-corrected chi connectivity index (χ0v) is 37.3. The Morgan fingerprint density at radius 3 is 2.44 bits per heavy atom. The number of nitrogens with one attached hydrogen (secondary N) is 1. The third-order valence-electron chi connectivity index (χ3n) is 13.9. The van der Waals surface area contributed by atoms with Gasteiger partial charge in [-0.15, -0.1) is 31.7 Å². The lowest BCUT2D eigenvalue weighted by Crippen LogP contribution is -2.39. The fraction of sp³-hybridized carbons (Fsp3) is 0.479. The summed E-state index contributed by atoms with van der Waals surface area (Å²) in [6, 6.07) is 18.0. The van der Waals surface area contributed by atoms with Crippen molar-refractivity contribution < 1.29 is 19.0 Å². The van der Waals surface area contributed by atoms with Crippen molar-refractivity contribution in [2.24, 2.45) is 10.4 Å². The smallest absolute Gasteiger partial charge is 0.196 e. The van der Waals surface area contributed by atoms with E-state index in [1.807, 2.05) is 25.1 Å². The van der Waals surface area contributed by atoms with E-state index in [2.05, 4.69) is 80.2 Å². The molecule has 3 fully saturated rings. The van der Waals surface area contributed by atoms with Gasteiger partial charge in [0, 0.05) is 41.2 Å². The number of ether oxygens (including phenoxy) is 3. The van der Waals surface area contributed by atoms with Gasteiger partial charge in [-0.2, -0.15) is 5.26 Å². The Kier molecular flexibility index (Phi) is 11.6. The molecule has 2 aromatic carbocycles. The van der Waals surface area contributed by atoms with Crippen LogP contribution in [0.25, 0.3) is 5.00 Å². The lowest BCUT2D eigenvalue weighted by Gasteiger charge is -2.37. The van der Waals surface area contributed by atoms with Gasteiger partial charge in [0.1, 0.15) is 45.9 Å². The van der Waals surface area contributed by atoms with Crippen LogP contribution in [-0.2, 0) is 0 Å². The molecule has 5 heterocycles. The molecule has 1 N–H and O–H groups in total. The van der Waals surface area contributed by atoms with E-state index in [0.717, 1.165) is 116 Å². The van der Waals surface area contributed by atoms with E-state index in [9.17, 15) is 10.1 Å². The number of hydrogen-bond donors (Lipinski definition) is 1. The summed E-state index contributed by atoms with van der Waals surface area (Å²) in [7, 11) is 3.34. The normalized spacial score (nSPS) is 23.2. The lowest BCUT2D eigenvalue weighted by molar-refractivity contribution is 0.0969. The maximum atomic E-state index is 13.1. The molecule has 0 bridgehead atoms. The van der Waals surface area contributed by atoms with Crippen LogP contribution >= 0.6 is 11.3 Å². The third kappa shape index (κ3) is 7.97. The Hall–Kier alpha value is -5.65. The molecule has 3 aromatic heterocycles. The van der Waals surface area contributed by atoms with Crippen molar-refractivity contribution in [3.8, 4) is 28.3 Å². The maximum absolute atomic E-state index is 13.1. The van der Waals surface area contributed by atoms with Crippen LogP contribution in [-0.4, -0.2) is 82.5 Å². The van der Waals surface area contributed by atoms with Crippen LogP contribution in [0.15, 0.2) is 53.5 Å². The Bertz CT molecular complexity index is 2540. The number of rotatable bonds is 11. The van der Waals surface area contributed by atoms with Crippen LogP contribution in [0.2, 0.25) is 0 Å². The van der Waals surface area contributed by atoms with Crippen molar-refractivity contribution in [2.75, 3.05) is 38.8 Å². The molecule has 322 valence electrons. The lowest BCUT2D eigenvalue weighted by atomic mass is 9.68. The summed E-state index contributed by atoms with van der Waals surface area (Å²) in [6.07, 6.45) is 9.28. The molecule has 13 nitrogen and oxygen atoms in total. The third-order valence-corrected chi connectivity index (χ3v) is 15.1. The van der Waals surface area contributed by atoms with Crippen molar-refractivity contribution in [3.05, 3.63) is 98.6 Å². The molecule has 2 aliphatic heterocycles. The van der Waals surface area contributed by atoms with Crippen LogP contribution in [0, 0.1) is 37.5 Å². The van der Waals surface area contributed by atoms with Crippen molar-refractivity contribution in [1.29, 1.82) is 5.26 Å². The first-order chi connectivity index (χ1) is 30.1. The molecule has 62 heavy (non-hydrogen) atoms. The highest BCUT2D eigenvalue weighted by atomic mass is 32.1. The molecule has 0 radical (unpaired) electrons. The van der Waals surface area contributed by atoms with E-state index in [1.165, 1.54) is 16.0 Å². The number of aryl methyl sites for hydroxylation is 2. The second-order valence-electron chi connectivity index (χ2n) is 17.6. The van der Waals surface area contributed by atoms with Crippen LogP contribution in [0.4, 0.5) is 5.82 Å². The minimum Gasteiger partial charge on any atom is -0.496 e. The number of ketones is 1. The van der Waals surface area contributed by atoms with E-state index >= 15 is 0 Å². The molecule has 4 aliphatic rings. The minimum absolute atomic E-state index is 0.0506. The van der Waals surface area contributed by atoms with Gasteiger partial charge in [-0.1, -0.05) is 12.1 Å². The summed E-state index contributed by atoms with van der Waals surface area (Å²) in [4.78, 5) is 22.0. The number of benzene rings is 2. The minimum atomic E-state index is -0.136. The fourth-order valence-corrected chi connectivity index (χ4v) is 11.4. The van der Waals surface area contributed by atoms with E-state index in [0.29, 0.717) is 28.7 Å². The van der Waals surface area contributed by atoms with Crippen LogP contribution in [0.5, 0.6) is 17.2 Å². The van der Waals surface area contributed by atoms with E-state index < -0.39 is 0 Å². The quantitative estimate of drug-likeness (QED) is 0.127. The number of carbonyl (C=O) groups excluding carboxylic acids is 1. The number of aromatic nitrogens is 5. The average molecular weight is 854 g/mol. The van der Waals surface area contributed by atoms with Gasteiger partial charge in [0.2, 0.25) is 0 Å². The van der Waals surface area contributed by atoms with E-state index in [4.69, 9.17) is 19.2 Å². The molecular formula is C48H55N9O4S. The average Bonchev–Trinajstić information content (AvgIpc) is 3.96. The molecule has 14 heteroatoms. The van der Waals surface area contributed by atoms with Crippen LogP contribution < -0.4 is 24.4 Å². The molecule has 1 atom stereocenters. The Morgan fingerprint density at radius 1 is 0.919 bits per heavy atom. The maximum Gasteiger partial charge on any atom is 0.196 e. The van der Waals surface area contributed by atoms with Crippen molar-refractivity contribution >= 4 is 28.6 Å². The number of fused-ring (bicyclic) bond motifs is 3. The Balaban J connectivity index is 0.775. The van der Waals surface area contributed by atoms with Crippen molar-refractivity contribution in [1.82, 2.24) is 30.3 Å². The highest BCUT2D eigenvalue weighted by Crippen LogP contribution is 2.50. The summed E-state index contributed by atoms with van der Waals surface area (Å²) in [5.41, 5.74) is 6.85. The molecule has 1 saturated heterocycles. The zero-order chi connectivity index (χ0) is 43.1. The number of anilines is 1. The summed E-state index contributed by atoms with van der Waals surface area (Å²) in [5.74, 6) is 5.11. The monoisotopic (exact) mass is 853 g/mol. The van der Waals surface area contributed by atoms with Gasteiger partial charge in [0.25, 0.3) is 0 Å². The standard InChI is InChI=1S/C48H55N9O4S/c1-28-30(3)62-47-44(28)45(51-29(2)46-55-52-31(4)57(46)47)33-8-14-38(42(23-33)60-6)32-17-19-48(20-18-32)21-22-56(27-48)43-16-15-39(53-54-43)40(58)26-50-35-9-12-36(13-10-35)61-37-11-7-34(25-49)41(24-37)59-5/h7-8,11,14-16,23-24,29,32,35-36,50H,9-10,12-13,17-22,26-27H2,1-6H3/t29-,32?,35?,36?,48?/m0/s1. The number of aliphatic imine (C=N–C) groups is 1. The first kappa shape index (κ1) is 41.7. The predicted molar refractivity (Wildman–Crippen MR) is 240 cm³/mol. The number of thiophene rings is 1. The van der Waals surface area contributed by atoms with E-state index in [1.54, 1.807) is 37.7 Å². The van der Waals surface area contributed by atoms with Gasteiger partial charge < -0.3 is 24.4 Å². The summed E-state index contributed by atoms with van der Waals surface area (Å²) in [5, 5.41) is 31.7. The number of nitriles is 1. The van der Waals surface area contributed by atoms with Gasteiger partial charge in [-0.3, -0.25) is 14.4 Å². The van der Waals surface area contributed by atoms with Crippen molar-refractivity contribution in [2.45, 2.75) is 110 Å². The highest BCUT2D eigenvalue weighted by Gasteiger charge is 2.42. The summed E-state index contributed by atoms with van der Waals surface area (Å²) < 4.78 is 19.8. The number of Topliss-reactive ketones (excluding diaryl/α,β-unsaturated/α-hetero) is 1. The van der Waals surface area contributed by atoms with Gasteiger partial charge in [0.05, 0.1) is 38.1 Å². The molecule has 0 unspecified atom stereocenters. The van der Waals surface area contributed by atoms with Gasteiger partial charge >= 0.3 is 0 Å². The largest absolute Gasteiger partial charge is 0.496 e. The van der Waals surface area contributed by atoms with Gasteiger partial charge in [-0.05, 0) is 138 Å². The number of methoxy groups -OCH3 is 2. The number of hydrogen-bond acceptors (Lipinski definition) is 13. The molecular weight excluding hydrogens is 799 g/mol. The second kappa shape index (κ2) is 17.3. The first-order valence-corrected chi connectivity index (χ1v) is 22.8. The molecule has 2 aliphatic carbocycles. The Morgan fingerprint density at radius 2 is 1.71 bits per heavy atom. The van der Waals surface area contributed by atoms with Gasteiger partial charge in [0.15, 0.2) is 17.4 Å².